The first-order valence-electron chi connectivity index (χ1n) is 5.35. The maximum absolute atomic E-state index is 9.60. The highest BCUT2D eigenvalue weighted by Gasteiger charge is 2.26. The zero-order chi connectivity index (χ0) is 9.97. The van der Waals surface area contributed by atoms with Gasteiger partial charge in [0.2, 0.25) is 0 Å². The molecule has 1 heterocycles. The molecule has 0 fully saturated rings. The Labute approximate surface area is 84.5 Å². The van der Waals surface area contributed by atoms with Gasteiger partial charge in [-0.3, -0.25) is 0 Å². The average molecular weight is 192 g/mol. The molecule has 0 aromatic heterocycles. The summed E-state index contributed by atoms with van der Waals surface area (Å²) in [5.41, 5.74) is 0.999. The smallest absolute Gasteiger partial charge is 0.177 e. The van der Waals surface area contributed by atoms with Gasteiger partial charge in [0, 0.05) is 5.56 Å². The van der Waals surface area contributed by atoms with Crippen LogP contribution in [0.5, 0.6) is 17.2 Å². The molecular weight excluding hydrogens is 176 g/mol. The third-order valence-electron chi connectivity index (χ3n) is 2.65. The lowest BCUT2D eigenvalue weighted by atomic mass is 10.1. The molecule has 1 aliphatic heterocycles. The third kappa shape index (κ3) is 1.84. The van der Waals surface area contributed by atoms with Gasteiger partial charge in [0.05, 0.1) is 0 Å². The highest BCUT2D eigenvalue weighted by molar-refractivity contribution is 5.63. The van der Waals surface area contributed by atoms with Gasteiger partial charge in [-0.15, -0.1) is 0 Å². The van der Waals surface area contributed by atoms with Crippen LogP contribution in [0.3, 0.4) is 0 Å². The van der Waals surface area contributed by atoms with Gasteiger partial charge in [-0.05, 0) is 25.0 Å². The number of benzene rings is 1. The lowest BCUT2D eigenvalue weighted by Crippen LogP contribution is -1.84. The maximum atomic E-state index is 9.60. The Balaban J connectivity index is 1.91. The van der Waals surface area contributed by atoms with E-state index in [9.17, 15) is 5.11 Å². The summed E-state index contributed by atoms with van der Waals surface area (Å²) in [4.78, 5) is 0. The molecule has 1 aromatic rings. The average Bonchev–Trinajstić information content (AvgIpc) is 2.94. The van der Waals surface area contributed by atoms with Crippen molar-refractivity contribution < 1.29 is 9.84 Å². The van der Waals surface area contributed by atoms with Crippen LogP contribution in [0, 0.1) is 0 Å². The van der Waals surface area contributed by atoms with Gasteiger partial charge >= 0.3 is 0 Å². The van der Waals surface area contributed by atoms with Crippen molar-refractivity contribution in [1.82, 2.24) is 0 Å². The number of fused-ring (bicyclic) bond motifs is 1. The molecule has 0 spiro atoms. The van der Waals surface area contributed by atoms with E-state index in [1.807, 2.05) is 6.07 Å². The number of rotatable bonds is 5. The SMILES string of the molecule is CCCCCCc1c(O)ccc2c1O2. The number of phenolic OH excluding ortho intramolecular Hbond substituents is 1. The fourth-order valence-corrected chi connectivity index (χ4v) is 1.75. The number of ether oxygens (including phenoxy) is 1. The number of hydrogen-bond acceptors (Lipinski definition) is 2. The van der Waals surface area contributed by atoms with Gasteiger partial charge in [0.25, 0.3) is 0 Å². The molecule has 0 amide bonds. The van der Waals surface area contributed by atoms with E-state index >= 15 is 0 Å². The summed E-state index contributed by atoms with van der Waals surface area (Å²) in [6.45, 7) is 2.20. The van der Waals surface area contributed by atoms with Crippen molar-refractivity contribution in [3.8, 4) is 17.2 Å². The van der Waals surface area contributed by atoms with Gasteiger partial charge in [-0.25, -0.2) is 0 Å². The molecule has 0 saturated carbocycles. The summed E-state index contributed by atoms with van der Waals surface area (Å²) in [6.07, 6.45) is 5.84. The zero-order valence-electron chi connectivity index (χ0n) is 8.55. The summed E-state index contributed by atoms with van der Waals surface area (Å²) >= 11 is 0. The van der Waals surface area contributed by atoms with E-state index in [1.54, 1.807) is 6.07 Å². The number of phenols is 1. The molecule has 0 atom stereocenters. The second kappa shape index (κ2) is 3.91. The molecular formula is C12H16O2. The van der Waals surface area contributed by atoms with Gasteiger partial charge in [-0.1, -0.05) is 26.2 Å². The van der Waals surface area contributed by atoms with Crippen LogP contribution < -0.4 is 4.74 Å². The fraction of sp³-hybridized carbons (Fsp3) is 0.500. The van der Waals surface area contributed by atoms with Crippen molar-refractivity contribution in [3.63, 3.8) is 0 Å². The molecule has 1 N–H and O–H groups in total. The minimum Gasteiger partial charge on any atom is -0.508 e. The van der Waals surface area contributed by atoms with E-state index in [0.717, 1.165) is 29.9 Å². The van der Waals surface area contributed by atoms with Crippen LogP contribution in [-0.4, -0.2) is 5.11 Å². The number of aromatic hydroxyl groups is 1. The Morgan fingerprint density at radius 1 is 1.21 bits per heavy atom. The quantitative estimate of drug-likeness (QED) is 0.579. The van der Waals surface area contributed by atoms with Crippen LogP contribution in [0.2, 0.25) is 0 Å². The van der Waals surface area contributed by atoms with Crippen molar-refractivity contribution >= 4 is 0 Å². The molecule has 14 heavy (non-hydrogen) atoms. The standard InChI is InChI=1S/C12H16O2/c1-2-3-4-5-6-9-10(13)7-8-11-12(9)14-11/h7-8,13H,2-6H2,1H3. The Bertz CT molecular complexity index is 328. The summed E-state index contributed by atoms with van der Waals surface area (Å²) in [5, 5.41) is 9.60. The van der Waals surface area contributed by atoms with Crippen LogP contribution in [0.15, 0.2) is 12.1 Å². The monoisotopic (exact) mass is 192 g/mol. The molecule has 1 aliphatic rings. The van der Waals surface area contributed by atoms with E-state index in [1.165, 1.54) is 19.3 Å². The van der Waals surface area contributed by atoms with Gasteiger partial charge in [0.15, 0.2) is 11.5 Å². The Hall–Kier alpha value is -1.18. The first kappa shape index (κ1) is 9.38. The van der Waals surface area contributed by atoms with Crippen LogP contribution in [0.25, 0.3) is 0 Å². The topological polar surface area (TPSA) is 32.8 Å². The summed E-state index contributed by atoms with van der Waals surface area (Å²) in [5.74, 6) is 2.24. The molecule has 1 aromatic carbocycles. The Morgan fingerprint density at radius 3 is 2.86 bits per heavy atom. The van der Waals surface area contributed by atoms with Crippen LogP contribution in [-0.2, 0) is 6.42 Å². The van der Waals surface area contributed by atoms with Crippen molar-refractivity contribution in [2.75, 3.05) is 0 Å². The van der Waals surface area contributed by atoms with Gasteiger partial charge in [0.1, 0.15) is 5.75 Å². The van der Waals surface area contributed by atoms with Crippen LogP contribution in [0.1, 0.15) is 38.2 Å². The second-order valence-corrected chi connectivity index (χ2v) is 3.80. The molecule has 2 nitrogen and oxygen atoms in total. The highest BCUT2D eigenvalue weighted by Crippen LogP contribution is 2.51. The third-order valence-corrected chi connectivity index (χ3v) is 2.65. The van der Waals surface area contributed by atoms with Gasteiger partial charge in [-0.2, -0.15) is 0 Å². The predicted octanol–water partition coefficient (Wildman–Crippen LogP) is 3.62. The van der Waals surface area contributed by atoms with Crippen molar-refractivity contribution in [1.29, 1.82) is 0 Å². The largest absolute Gasteiger partial charge is 0.508 e. The van der Waals surface area contributed by atoms with Crippen LogP contribution >= 0.6 is 0 Å². The Morgan fingerprint density at radius 2 is 2.07 bits per heavy atom. The van der Waals surface area contributed by atoms with E-state index in [-0.39, 0.29) is 0 Å². The minimum atomic E-state index is 0.387. The van der Waals surface area contributed by atoms with E-state index in [2.05, 4.69) is 6.92 Å². The molecule has 0 unspecified atom stereocenters. The van der Waals surface area contributed by atoms with E-state index < -0.39 is 0 Å². The van der Waals surface area contributed by atoms with Crippen molar-refractivity contribution in [2.45, 2.75) is 39.0 Å². The minimum absolute atomic E-state index is 0.387. The first-order valence-corrected chi connectivity index (χ1v) is 5.35. The summed E-state index contributed by atoms with van der Waals surface area (Å²) in [6, 6.07) is 3.54. The highest BCUT2D eigenvalue weighted by atomic mass is 16.6. The summed E-state index contributed by atoms with van der Waals surface area (Å²) in [7, 11) is 0. The lowest BCUT2D eigenvalue weighted by Gasteiger charge is -2.00. The van der Waals surface area contributed by atoms with E-state index in [0.29, 0.717) is 5.75 Å². The molecule has 0 aliphatic carbocycles. The normalized spacial score (nSPS) is 12.1. The van der Waals surface area contributed by atoms with E-state index in [4.69, 9.17) is 4.74 Å². The summed E-state index contributed by atoms with van der Waals surface area (Å²) < 4.78 is 5.25. The first-order chi connectivity index (χ1) is 6.83. The molecule has 2 rings (SSSR count). The predicted molar refractivity (Wildman–Crippen MR) is 56.0 cm³/mol. The van der Waals surface area contributed by atoms with Gasteiger partial charge < -0.3 is 9.84 Å². The number of hydrogen-bond donors (Lipinski definition) is 1. The maximum Gasteiger partial charge on any atom is 0.177 e. The number of unbranched alkanes of at least 4 members (excludes halogenated alkanes) is 3. The molecule has 0 saturated heterocycles. The molecule has 76 valence electrons. The lowest BCUT2D eigenvalue weighted by molar-refractivity contribution is 0.465. The molecule has 0 bridgehead atoms. The van der Waals surface area contributed by atoms with Crippen LogP contribution in [0.4, 0.5) is 0 Å². The van der Waals surface area contributed by atoms with Crippen molar-refractivity contribution in [2.24, 2.45) is 0 Å². The zero-order valence-corrected chi connectivity index (χ0v) is 8.55. The second-order valence-electron chi connectivity index (χ2n) is 3.80. The Kier molecular flexibility index (Phi) is 2.62. The fourth-order valence-electron chi connectivity index (χ4n) is 1.75. The van der Waals surface area contributed by atoms with Crippen molar-refractivity contribution in [3.05, 3.63) is 17.7 Å². The molecule has 0 radical (unpaired) electrons. The molecule has 2 heteroatoms.